The van der Waals surface area contributed by atoms with Crippen molar-refractivity contribution in [3.05, 3.63) is 12.7 Å². The zero-order valence-corrected chi connectivity index (χ0v) is 7.90. The van der Waals surface area contributed by atoms with Gasteiger partial charge in [0.15, 0.2) is 0 Å². The van der Waals surface area contributed by atoms with Gasteiger partial charge in [0, 0.05) is 5.92 Å². The van der Waals surface area contributed by atoms with E-state index in [1.165, 1.54) is 17.3 Å². The molecule has 72 valence electrons. The highest BCUT2D eigenvalue weighted by Gasteiger charge is 2.11. The molecule has 13 heavy (non-hydrogen) atoms. The van der Waals surface area contributed by atoms with Crippen LogP contribution in [0.4, 0.5) is 0 Å². The predicted molar refractivity (Wildman–Crippen MR) is 48.5 cm³/mol. The molecule has 1 unspecified atom stereocenters. The summed E-state index contributed by atoms with van der Waals surface area (Å²) in [6.45, 7) is 3.96. The molecule has 5 nitrogen and oxygen atoms in total. The number of nitrogens with one attached hydrogen (secondary N) is 1. The molecular formula is C8H14N4O. The zero-order valence-electron chi connectivity index (χ0n) is 7.90. The van der Waals surface area contributed by atoms with Gasteiger partial charge in [0.05, 0.1) is 0 Å². The molecular weight excluding hydrogens is 168 g/mol. The van der Waals surface area contributed by atoms with Crippen LogP contribution in [0.5, 0.6) is 0 Å². The standard InChI is InChI=1S/C8H14N4O/c1-3-4-7(2)8(13)11-12-5-9-10-6-12/h5-7H,3-4H2,1-2H3,(H,11,13). The Morgan fingerprint density at radius 3 is 2.69 bits per heavy atom. The molecule has 1 aromatic rings. The third-order valence-corrected chi connectivity index (χ3v) is 1.83. The van der Waals surface area contributed by atoms with Gasteiger partial charge in [-0.2, -0.15) is 0 Å². The van der Waals surface area contributed by atoms with Crippen molar-refractivity contribution in [2.45, 2.75) is 26.7 Å². The molecule has 0 saturated carbocycles. The van der Waals surface area contributed by atoms with Crippen LogP contribution in [0, 0.1) is 5.92 Å². The molecule has 1 heterocycles. The monoisotopic (exact) mass is 182 g/mol. The smallest absolute Gasteiger partial charge is 0.241 e. The predicted octanol–water partition coefficient (Wildman–Crippen LogP) is 0.784. The molecule has 1 atom stereocenters. The van der Waals surface area contributed by atoms with E-state index in [1.54, 1.807) is 0 Å². The first-order valence-electron chi connectivity index (χ1n) is 4.39. The average molecular weight is 182 g/mol. The van der Waals surface area contributed by atoms with Crippen LogP contribution >= 0.6 is 0 Å². The Balaban J connectivity index is 2.41. The Labute approximate surface area is 77.1 Å². The maximum atomic E-state index is 11.4. The first kappa shape index (κ1) is 9.70. The van der Waals surface area contributed by atoms with E-state index in [0.29, 0.717) is 0 Å². The van der Waals surface area contributed by atoms with Gasteiger partial charge in [0.25, 0.3) is 0 Å². The van der Waals surface area contributed by atoms with E-state index in [0.717, 1.165) is 12.8 Å². The van der Waals surface area contributed by atoms with Crippen molar-refractivity contribution in [1.29, 1.82) is 0 Å². The van der Waals surface area contributed by atoms with Crippen molar-refractivity contribution in [2.24, 2.45) is 5.92 Å². The second kappa shape index (κ2) is 4.59. The van der Waals surface area contributed by atoms with E-state index in [2.05, 4.69) is 22.5 Å². The fourth-order valence-electron chi connectivity index (χ4n) is 1.06. The molecule has 1 N–H and O–H groups in total. The van der Waals surface area contributed by atoms with Crippen molar-refractivity contribution in [2.75, 3.05) is 5.43 Å². The van der Waals surface area contributed by atoms with Crippen LogP contribution in [0.3, 0.4) is 0 Å². The van der Waals surface area contributed by atoms with Crippen molar-refractivity contribution in [1.82, 2.24) is 14.9 Å². The lowest BCUT2D eigenvalue weighted by Crippen LogP contribution is -2.27. The summed E-state index contributed by atoms with van der Waals surface area (Å²) in [6.07, 6.45) is 4.82. The Bertz CT molecular complexity index is 257. The molecule has 0 aliphatic heterocycles. The van der Waals surface area contributed by atoms with Gasteiger partial charge in [0.1, 0.15) is 12.7 Å². The number of rotatable bonds is 4. The maximum Gasteiger partial charge on any atom is 0.241 e. The van der Waals surface area contributed by atoms with Crippen LogP contribution in [0.2, 0.25) is 0 Å². The molecule has 0 aliphatic rings. The second-order valence-corrected chi connectivity index (χ2v) is 3.03. The van der Waals surface area contributed by atoms with Crippen LogP contribution in [0.1, 0.15) is 26.7 Å². The van der Waals surface area contributed by atoms with E-state index >= 15 is 0 Å². The summed E-state index contributed by atoms with van der Waals surface area (Å²) in [6, 6.07) is 0. The minimum absolute atomic E-state index is 0.00153. The summed E-state index contributed by atoms with van der Waals surface area (Å²) in [4.78, 5) is 11.4. The zero-order chi connectivity index (χ0) is 9.68. The topological polar surface area (TPSA) is 59.8 Å². The van der Waals surface area contributed by atoms with Crippen LogP contribution in [-0.4, -0.2) is 20.8 Å². The first-order valence-corrected chi connectivity index (χ1v) is 4.39. The van der Waals surface area contributed by atoms with Gasteiger partial charge in [-0.3, -0.25) is 10.2 Å². The van der Waals surface area contributed by atoms with Crippen LogP contribution in [0.15, 0.2) is 12.7 Å². The number of carbonyl (C=O) groups excluding carboxylic acids is 1. The number of carbonyl (C=O) groups is 1. The largest absolute Gasteiger partial charge is 0.273 e. The van der Waals surface area contributed by atoms with Crippen molar-refractivity contribution >= 4 is 5.91 Å². The highest BCUT2D eigenvalue weighted by atomic mass is 16.2. The van der Waals surface area contributed by atoms with E-state index in [4.69, 9.17) is 0 Å². The van der Waals surface area contributed by atoms with Crippen molar-refractivity contribution in [3.8, 4) is 0 Å². The van der Waals surface area contributed by atoms with E-state index < -0.39 is 0 Å². The SMILES string of the molecule is CCCC(C)C(=O)Nn1cnnc1. The van der Waals surface area contributed by atoms with Crippen LogP contribution in [0.25, 0.3) is 0 Å². The minimum Gasteiger partial charge on any atom is -0.273 e. The van der Waals surface area contributed by atoms with E-state index in [-0.39, 0.29) is 11.8 Å². The molecule has 1 rings (SSSR count). The van der Waals surface area contributed by atoms with E-state index in [1.807, 2.05) is 6.92 Å². The summed E-state index contributed by atoms with van der Waals surface area (Å²) in [5.41, 5.74) is 2.66. The van der Waals surface area contributed by atoms with Gasteiger partial charge in [-0.1, -0.05) is 20.3 Å². The fourth-order valence-corrected chi connectivity index (χ4v) is 1.06. The van der Waals surface area contributed by atoms with E-state index in [9.17, 15) is 4.79 Å². The Hall–Kier alpha value is -1.39. The number of nitrogens with zero attached hydrogens (tertiary/aromatic N) is 3. The number of hydrogen-bond acceptors (Lipinski definition) is 3. The van der Waals surface area contributed by atoms with Gasteiger partial charge in [-0.15, -0.1) is 10.2 Å². The van der Waals surface area contributed by atoms with Crippen LogP contribution in [-0.2, 0) is 4.79 Å². The lowest BCUT2D eigenvalue weighted by Gasteiger charge is -2.10. The Morgan fingerprint density at radius 1 is 1.54 bits per heavy atom. The second-order valence-electron chi connectivity index (χ2n) is 3.03. The quantitative estimate of drug-likeness (QED) is 0.748. The highest BCUT2D eigenvalue weighted by molar-refractivity contribution is 5.85. The first-order chi connectivity index (χ1) is 6.24. The van der Waals surface area contributed by atoms with Gasteiger partial charge >= 0.3 is 0 Å². The molecule has 0 fully saturated rings. The molecule has 0 aromatic carbocycles. The van der Waals surface area contributed by atoms with Gasteiger partial charge in [-0.25, -0.2) is 4.68 Å². The van der Waals surface area contributed by atoms with Crippen molar-refractivity contribution < 1.29 is 4.79 Å². The lowest BCUT2D eigenvalue weighted by atomic mass is 10.1. The van der Waals surface area contributed by atoms with Crippen LogP contribution < -0.4 is 5.43 Å². The number of hydrogen-bond donors (Lipinski definition) is 1. The molecule has 0 aliphatic carbocycles. The summed E-state index contributed by atoms with van der Waals surface area (Å²) in [5, 5.41) is 7.16. The molecule has 0 radical (unpaired) electrons. The molecule has 1 amide bonds. The molecule has 1 aromatic heterocycles. The summed E-state index contributed by atoms with van der Waals surface area (Å²) >= 11 is 0. The summed E-state index contributed by atoms with van der Waals surface area (Å²) in [7, 11) is 0. The average Bonchev–Trinajstić information content (AvgIpc) is 2.57. The highest BCUT2D eigenvalue weighted by Crippen LogP contribution is 2.04. The maximum absolute atomic E-state index is 11.4. The lowest BCUT2D eigenvalue weighted by molar-refractivity contribution is -0.120. The number of amides is 1. The molecule has 0 spiro atoms. The Kier molecular flexibility index (Phi) is 3.42. The van der Waals surface area contributed by atoms with Crippen molar-refractivity contribution in [3.63, 3.8) is 0 Å². The number of aromatic nitrogens is 3. The normalized spacial score (nSPS) is 12.5. The van der Waals surface area contributed by atoms with Gasteiger partial charge in [0.2, 0.25) is 5.91 Å². The fraction of sp³-hybridized carbons (Fsp3) is 0.625. The van der Waals surface area contributed by atoms with Gasteiger partial charge < -0.3 is 0 Å². The minimum atomic E-state index is 0.00153. The molecule has 0 bridgehead atoms. The third kappa shape index (κ3) is 2.85. The third-order valence-electron chi connectivity index (χ3n) is 1.83. The molecule has 0 saturated heterocycles. The molecule has 5 heteroatoms. The summed E-state index contributed by atoms with van der Waals surface area (Å²) < 4.78 is 1.45. The summed E-state index contributed by atoms with van der Waals surface area (Å²) in [5.74, 6) is 0.0362. The Morgan fingerprint density at radius 2 is 2.15 bits per heavy atom. The van der Waals surface area contributed by atoms with Gasteiger partial charge in [-0.05, 0) is 6.42 Å².